The zero-order valence-corrected chi connectivity index (χ0v) is 15.4. The second-order valence-electron chi connectivity index (χ2n) is 7.58. The van der Waals surface area contributed by atoms with Gasteiger partial charge < -0.3 is 10.6 Å². The van der Waals surface area contributed by atoms with E-state index < -0.39 is 0 Å². The third-order valence-corrected chi connectivity index (χ3v) is 5.00. The van der Waals surface area contributed by atoms with Crippen molar-refractivity contribution in [1.82, 2.24) is 10.6 Å². The summed E-state index contributed by atoms with van der Waals surface area (Å²) in [5.41, 5.74) is 4.58. The lowest BCUT2D eigenvalue weighted by atomic mass is 9.79. The summed E-state index contributed by atoms with van der Waals surface area (Å²) in [4.78, 5) is 12.8. The molecule has 0 aromatic heterocycles. The molecule has 3 nitrogen and oxygen atoms in total. The maximum atomic E-state index is 12.8. The molecule has 1 fully saturated rings. The third kappa shape index (κ3) is 4.10. The molecule has 1 aliphatic heterocycles. The van der Waals surface area contributed by atoms with Crippen LogP contribution in [0.4, 0.5) is 0 Å². The Bertz CT molecular complexity index is 728. The van der Waals surface area contributed by atoms with Gasteiger partial charge in [0.2, 0.25) is 5.91 Å². The number of amides is 1. The van der Waals surface area contributed by atoms with Gasteiger partial charge in [-0.3, -0.25) is 4.79 Å². The molecule has 0 bridgehead atoms. The van der Waals surface area contributed by atoms with E-state index in [1.165, 1.54) is 22.3 Å². The summed E-state index contributed by atoms with van der Waals surface area (Å²) in [5.74, 6) is 0.174. The van der Waals surface area contributed by atoms with Crippen LogP contribution in [-0.2, 0) is 11.2 Å². The predicted molar refractivity (Wildman–Crippen MR) is 104 cm³/mol. The number of rotatable bonds is 5. The molecule has 25 heavy (non-hydrogen) atoms. The summed E-state index contributed by atoms with van der Waals surface area (Å²) in [5, 5.41) is 6.50. The number of nitrogens with one attached hydrogen (secondary N) is 2. The molecule has 2 aromatic rings. The van der Waals surface area contributed by atoms with Crippen LogP contribution in [0, 0.1) is 12.3 Å². The lowest BCUT2D eigenvalue weighted by molar-refractivity contribution is -0.130. The molecule has 1 amide bonds. The van der Waals surface area contributed by atoms with Crippen molar-refractivity contribution < 1.29 is 4.79 Å². The molecule has 1 aliphatic rings. The van der Waals surface area contributed by atoms with Crippen molar-refractivity contribution in [3.63, 3.8) is 0 Å². The molecular formula is C22H28N2O. The zero-order valence-electron chi connectivity index (χ0n) is 15.4. The normalized spacial score (nSPS) is 20.0. The lowest BCUT2D eigenvalue weighted by Gasteiger charge is -2.28. The molecule has 1 saturated heterocycles. The van der Waals surface area contributed by atoms with Gasteiger partial charge in [0, 0.05) is 12.6 Å². The SMILES string of the molecule is Cc1ccc(-c2cccc(CC3(C(=O)NC(C)C)CCNC3)c2)cc1. The molecule has 0 aliphatic carbocycles. The maximum Gasteiger partial charge on any atom is 0.228 e. The minimum Gasteiger partial charge on any atom is -0.353 e. The van der Waals surface area contributed by atoms with Gasteiger partial charge in [0.25, 0.3) is 0 Å². The Balaban J connectivity index is 1.84. The fourth-order valence-corrected chi connectivity index (χ4v) is 3.58. The van der Waals surface area contributed by atoms with E-state index in [4.69, 9.17) is 0 Å². The van der Waals surface area contributed by atoms with Gasteiger partial charge in [-0.25, -0.2) is 0 Å². The molecule has 0 radical (unpaired) electrons. The summed E-state index contributed by atoms with van der Waals surface area (Å²) < 4.78 is 0. The Morgan fingerprint density at radius 2 is 1.92 bits per heavy atom. The molecule has 1 atom stereocenters. The maximum absolute atomic E-state index is 12.8. The van der Waals surface area contributed by atoms with E-state index in [1.54, 1.807) is 0 Å². The first-order chi connectivity index (χ1) is 12.0. The highest BCUT2D eigenvalue weighted by Gasteiger charge is 2.41. The van der Waals surface area contributed by atoms with Gasteiger partial charge in [0.1, 0.15) is 0 Å². The van der Waals surface area contributed by atoms with Gasteiger partial charge in [0.15, 0.2) is 0 Å². The molecule has 1 unspecified atom stereocenters. The van der Waals surface area contributed by atoms with Crippen molar-refractivity contribution in [2.45, 2.75) is 39.7 Å². The van der Waals surface area contributed by atoms with Gasteiger partial charge in [-0.15, -0.1) is 0 Å². The molecular weight excluding hydrogens is 308 g/mol. The van der Waals surface area contributed by atoms with Gasteiger partial charge in [-0.2, -0.15) is 0 Å². The van der Waals surface area contributed by atoms with Crippen LogP contribution in [0.15, 0.2) is 48.5 Å². The summed E-state index contributed by atoms with van der Waals surface area (Å²) in [6, 6.07) is 17.4. The van der Waals surface area contributed by atoms with Crippen molar-refractivity contribution in [3.8, 4) is 11.1 Å². The topological polar surface area (TPSA) is 41.1 Å². The quantitative estimate of drug-likeness (QED) is 0.874. The number of carbonyl (C=O) groups excluding carboxylic acids is 1. The van der Waals surface area contributed by atoms with E-state index in [1.807, 2.05) is 13.8 Å². The van der Waals surface area contributed by atoms with Crippen LogP contribution >= 0.6 is 0 Å². The summed E-state index contributed by atoms with van der Waals surface area (Å²) >= 11 is 0. The molecule has 3 heteroatoms. The average Bonchev–Trinajstić information content (AvgIpc) is 3.05. The number of hydrogen-bond acceptors (Lipinski definition) is 2. The molecule has 0 saturated carbocycles. The van der Waals surface area contributed by atoms with Crippen molar-refractivity contribution in [3.05, 3.63) is 59.7 Å². The average molecular weight is 336 g/mol. The Hall–Kier alpha value is -2.13. The van der Waals surface area contributed by atoms with Crippen molar-refractivity contribution in [2.75, 3.05) is 13.1 Å². The second kappa shape index (κ2) is 7.40. The van der Waals surface area contributed by atoms with Gasteiger partial charge in [-0.1, -0.05) is 54.1 Å². The standard InChI is InChI=1S/C22H28N2O/c1-16(2)24-21(25)22(11-12-23-15-22)14-18-5-4-6-20(13-18)19-9-7-17(3)8-10-19/h4-10,13,16,23H,11-12,14-15H2,1-3H3,(H,24,25). The van der Waals surface area contributed by atoms with Gasteiger partial charge in [0.05, 0.1) is 5.41 Å². The van der Waals surface area contributed by atoms with Crippen LogP contribution in [0.3, 0.4) is 0 Å². The molecule has 2 aromatic carbocycles. The van der Waals surface area contributed by atoms with Gasteiger partial charge in [-0.05, 0) is 56.8 Å². The van der Waals surface area contributed by atoms with Crippen molar-refractivity contribution >= 4 is 5.91 Å². The number of aryl methyl sites for hydroxylation is 1. The fourth-order valence-electron chi connectivity index (χ4n) is 3.58. The minimum absolute atomic E-state index is 0.170. The number of benzene rings is 2. The highest BCUT2D eigenvalue weighted by molar-refractivity contribution is 5.84. The second-order valence-corrected chi connectivity index (χ2v) is 7.58. The fraction of sp³-hybridized carbons (Fsp3) is 0.409. The first kappa shape index (κ1) is 17.7. The summed E-state index contributed by atoms with van der Waals surface area (Å²) in [6.07, 6.45) is 1.67. The van der Waals surface area contributed by atoms with Gasteiger partial charge >= 0.3 is 0 Å². The minimum atomic E-state index is -0.337. The molecule has 1 heterocycles. The van der Waals surface area contributed by atoms with E-state index in [0.29, 0.717) is 0 Å². The third-order valence-electron chi connectivity index (χ3n) is 5.00. The highest BCUT2D eigenvalue weighted by Crippen LogP contribution is 2.32. The lowest BCUT2D eigenvalue weighted by Crippen LogP contribution is -2.46. The van der Waals surface area contributed by atoms with E-state index in [9.17, 15) is 4.79 Å². The van der Waals surface area contributed by atoms with Crippen molar-refractivity contribution in [2.24, 2.45) is 5.41 Å². The molecule has 0 spiro atoms. The first-order valence-electron chi connectivity index (χ1n) is 9.16. The van der Waals surface area contributed by atoms with Crippen LogP contribution in [0.5, 0.6) is 0 Å². The van der Waals surface area contributed by atoms with E-state index in [-0.39, 0.29) is 17.4 Å². The Labute approximate surface area is 150 Å². The zero-order chi connectivity index (χ0) is 17.9. The van der Waals surface area contributed by atoms with Crippen LogP contribution in [0.1, 0.15) is 31.4 Å². The Morgan fingerprint density at radius 3 is 2.56 bits per heavy atom. The smallest absolute Gasteiger partial charge is 0.228 e. The molecule has 132 valence electrons. The monoisotopic (exact) mass is 336 g/mol. The van der Waals surface area contributed by atoms with Crippen LogP contribution < -0.4 is 10.6 Å². The summed E-state index contributed by atoms with van der Waals surface area (Å²) in [6.45, 7) is 7.80. The van der Waals surface area contributed by atoms with E-state index in [2.05, 4.69) is 66.1 Å². The largest absolute Gasteiger partial charge is 0.353 e. The molecule has 2 N–H and O–H groups in total. The van der Waals surface area contributed by atoms with Crippen LogP contribution in [0.2, 0.25) is 0 Å². The van der Waals surface area contributed by atoms with Crippen molar-refractivity contribution in [1.29, 1.82) is 0 Å². The number of carbonyl (C=O) groups is 1. The van der Waals surface area contributed by atoms with Crippen LogP contribution in [-0.4, -0.2) is 25.0 Å². The summed E-state index contributed by atoms with van der Waals surface area (Å²) in [7, 11) is 0. The van der Waals surface area contributed by atoms with Crippen LogP contribution in [0.25, 0.3) is 11.1 Å². The molecule has 3 rings (SSSR count). The predicted octanol–water partition coefficient (Wildman–Crippen LogP) is 3.71. The highest BCUT2D eigenvalue weighted by atomic mass is 16.2. The first-order valence-corrected chi connectivity index (χ1v) is 9.16. The number of hydrogen-bond donors (Lipinski definition) is 2. The Kier molecular flexibility index (Phi) is 5.24. The van der Waals surface area contributed by atoms with E-state index in [0.717, 1.165) is 25.9 Å². The van der Waals surface area contributed by atoms with E-state index >= 15 is 0 Å². The Morgan fingerprint density at radius 1 is 1.16 bits per heavy atom.